The second-order valence-corrected chi connectivity index (χ2v) is 6.51. The summed E-state index contributed by atoms with van der Waals surface area (Å²) in [6.07, 6.45) is -1.08. The van der Waals surface area contributed by atoms with Gasteiger partial charge in [-0.2, -0.15) is 0 Å². The van der Waals surface area contributed by atoms with Crippen LogP contribution in [0, 0.1) is 0 Å². The Morgan fingerprint density at radius 1 is 1.43 bits per heavy atom. The lowest BCUT2D eigenvalue weighted by Gasteiger charge is -2.19. The number of aromatic hydroxyl groups is 1. The summed E-state index contributed by atoms with van der Waals surface area (Å²) in [5, 5.41) is 22.8. The van der Waals surface area contributed by atoms with Crippen LogP contribution in [0.25, 0.3) is 10.2 Å². The van der Waals surface area contributed by atoms with Crippen molar-refractivity contribution < 1.29 is 15.0 Å². The summed E-state index contributed by atoms with van der Waals surface area (Å²) in [6, 6.07) is 5.24. The fraction of sp³-hybridized carbons (Fsp3) is 0.0769. The molecule has 1 amide bonds. The molecule has 3 heterocycles. The number of thiophene rings is 2. The van der Waals surface area contributed by atoms with Crippen LogP contribution < -0.4 is 4.90 Å². The number of amides is 1. The van der Waals surface area contributed by atoms with E-state index < -0.39 is 6.09 Å². The van der Waals surface area contributed by atoms with E-state index in [0.717, 1.165) is 4.88 Å². The molecule has 8 heteroatoms. The summed E-state index contributed by atoms with van der Waals surface area (Å²) in [4.78, 5) is 17.8. The standard InChI is InChI=1S/C13H9ClN2O3S2/c14-10-4-8(12-11(15-10)9(17)6-21-12)16(13(18)19)5-7-2-1-3-20-7/h1-4,6,17H,5H2,(H,18,19). The molecule has 0 unspecified atom stereocenters. The van der Waals surface area contributed by atoms with Crippen LogP contribution in [0.15, 0.2) is 29.0 Å². The summed E-state index contributed by atoms with van der Waals surface area (Å²) < 4.78 is 0.593. The van der Waals surface area contributed by atoms with Gasteiger partial charge in [0.2, 0.25) is 0 Å². The summed E-state index contributed by atoms with van der Waals surface area (Å²) in [7, 11) is 0. The highest BCUT2D eigenvalue weighted by Gasteiger charge is 2.21. The Balaban J connectivity index is 2.13. The molecule has 0 radical (unpaired) electrons. The first-order valence-electron chi connectivity index (χ1n) is 5.86. The van der Waals surface area contributed by atoms with Crippen LogP contribution in [0.2, 0.25) is 5.15 Å². The van der Waals surface area contributed by atoms with E-state index in [0.29, 0.717) is 15.9 Å². The number of carboxylic acid groups (broad SMARTS) is 1. The number of nitrogens with zero attached hydrogens (tertiary/aromatic N) is 2. The number of hydrogen-bond acceptors (Lipinski definition) is 5. The number of anilines is 1. The SMILES string of the molecule is O=C(O)N(Cc1cccs1)c1cc(Cl)nc2c(O)csc12. The number of pyridine rings is 1. The molecule has 0 aromatic carbocycles. The highest BCUT2D eigenvalue weighted by molar-refractivity contribution is 7.18. The maximum Gasteiger partial charge on any atom is 0.412 e. The molecule has 0 fully saturated rings. The highest BCUT2D eigenvalue weighted by atomic mass is 35.5. The molecular weight excluding hydrogens is 332 g/mol. The Kier molecular flexibility index (Phi) is 3.71. The van der Waals surface area contributed by atoms with Crippen LogP contribution >= 0.6 is 34.3 Å². The van der Waals surface area contributed by atoms with E-state index in [4.69, 9.17) is 11.6 Å². The zero-order chi connectivity index (χ0) is 15.0. The van der Waals surface area contributed by atoms with Crippen molar-refractivity contribution in [3.05, 3.63) is 39.0 Å². The van der Waals surface area contributed by atoms with Gasteiger partial charge in [0.25, 0.3) is 0 Å². The van der Waals surface area contributed by atoms with E-state index in [9.17, 15) is 15.0 Å². The average molecular weight is 341 g/mol. The average Bonchev–Trinajstić information content (AvgIpc) is 3.06. The lowest BCUT2D eigenvalue weighted by atomic mass is 10.3. The minimum absolute atomic E-state index is 0.000197. The van der Waals surface area contributed by atoms with E-state index >= 15 is 0 Å². The van der Waals surface area contributed by atoms with Crippen LogP contribution in [0.4, 0.5) is 10.5 Å². The Morgan fingerprint density at radius 2 is 2.24 bits per heavy atom. The maximum atomic E-state index is 11.6. The smallest absolute Gasteiger partial charge is 0.412 e. The molecule has 0 atom stereocenters. The number of hydrogen-bond donors (Lipinski definition) is 2. The largest absolute Gasteiger partial charge is 0.505 e. The van der Waals surface area contributed by atoms with Crippen LogP contribution in [0.5, 0.6) is 5.75 Å². The molecule has 5 nitrogen and oxygen atoms in total. The van der Waals surface area contributed by atoms with Gasteiger partial charge in [-0.25, -0.2) is 9.78 Å². The van der Waals surface area contributed by atoms with Gasteiger partial charge >= 0.3 is 6.09 Å². The number of rotatable bonds is 3. The van der Waals surface area contributed by atoms with Gasteiger partial charge in [0.15, 0.2) is 5.75 Å². The number of aromatic nitrogens is 1. The first-order chi connectivity index (χ1) is 10.1. The highest BCUT2D eigenvalue weighted by Crippen LogP contribution is 2.38. The van der Waals surface area contributed by atoms with Crippen LogP contribution in [-0.2, 0) is 6.54 Å². The molecule has 2 N–H and O–H groups in total. The monoisotopic (exact) mass is 340 g/mol. The molecule has 0 bridgehead atoms. The molecule has 108 valence electrons. The zero-order valence-corrected chi connectivity index (χ0v) is 12.9. The van der Waals surface area contributed by atoms with E-state index in [1.54, 1.807) is 0 Å². The van der Waals surface area contributed by atoms with Crippen molar-refractivity contribution in [1.29, 1.82) is 0 Å². The fourth-order valence-corrected chi connectivity index (χ4v) is 3.74. The van der Waals surface area contributed by atoms with Gasteiger partial charge in [-0.3, -0.25) is 4.90 Å². The molecule has 21 heavy (non-hydrogen) atoms. The van der Waals surface area contributed by atoms with Gasteiger partial charge in [0, 0.05) is 16.3 Å². The normalized spacial score (nSPS) is 10.9. The zero-order valence-electron chi connectivity index (χ0n) is 10.5. The van der Waals surface area contributed by atoms with Crippen LogP contribution in [0.1, 0.15) is 4.88 Å². The minimum atomic E-state index is -1.08. The van der Waals surface area contributed by atoms with Crippen molar-refractivity contribution in [1.82, 2.24) is 4.98 Å². The fourth-order valence-electron chi connectivity index (χ4n) is 1.96. The predicted octanol–water partition coefficient (Wildman–Crippen LogP) is 4.40. The topological polar surface area (TPSA) is 73.7 Å². The molecule has 3 aromatic rings. The van der Waals surface area contributed by atoms with Crippen molar-refractivity contribution in [3.63, 3.8) is 0 Å². The summed E-state index contributed by atoms with van der Waals surface area (Å²) in [5.74, 6) is 0.000197. The van der Waals surface area contributed by atoms with Crippen molar-refractivity contribution >= 4 is 56.3 Å². The minimum Gasteiger partial charge on any atom is -0.505 e. The Hall–Kier alpha value is -1.83. The van der Waals surface area contributed by atoms with Gasteiger partial charge in [0.05, 0.1) is 16.9 Å². The van der Waals surface area contributed by atoms with Crippen LogP contribution in [0.3, 0.4) is 0 Å². The second kappa shape index (κ2) is 5.51. The van der Waals surface area contributed by atoms with Gasteiger partial charge in [-0.15, -0.1) is 22.7 Å². The third-order valence-corrected chi connectivity index (χ3v) is 4.90. The third-order valence-electron chi connectivity index (χ3n) is 2.87. The van der Waals surface area contributed by atoms with E-state index in [1.165, 1.54) is 39.0 Å². The van der Waals surface area contributed by atoms with Crippen molar-refractivity contribution in [2.45, 2.75) is 6.54 Å². The van der Waals surface area contributed by atoms with Crippen molar-refractivity contribution in [3.8, 4) is 5.75 Å². The maximum absolute atomic E-state index is 11.6. The number of carbonyl (C=O) groups is 1. The van der Waals surface area contributed by atoms with Gasteiger partial charge in [0.1, 0.15) is 10.7 Å². The lowest BCUT2D eigenvalue weighted by Crippen LogP contribution is -2.28. The molecule has 3 rings (SSSR count). The third kappa shape index (κ3) is 2.67. The molecule has 0 spiro atoms. The van der Waals surface area contributed by atoms with E-state index in [-0.39, 0.29) is 17.4 Å². The second-order valence-electron chi connectivity index (χ2n) is 4.21. The predicted molar refractivity (Wildman–Crippen MR) is 84.8 cm³/mol. The first-order valence-corrected chi connectivity index (χ1v) is 7.99. The summed E-state index contributed by atoms with van der Waals surface area (Å²) in [5.41, 5.74) is 0.746. The Bertz CT molecular complexity index is 801. The van der Waals surface area contributed by atoms with Crippen LogP contribution in [-0.4, -0.2) is 21.3 Å². The lowest BCUT2D eigenvalue weighted by molar-refractivity contribution is 0.201. The molecule has 0 saturated carbocycles. The van der Waals surface area contributed by atoms with E-state index in [2.05, 4.69) is 4.98 Å². The van der Waals surface area contributed by atoms with Gasteiger partial charge in [-0.1, -0.05) is 17.7 Å². The quantitative estimate of drug-likeness (QED) is 0.693. The first kappa shape index (κ1) is 14.1. The molecular formula is C13H9ClN2O3S2. The summed E-state index contributed by atoms with van der Waals surface area (Å²) in [6.45, 7) is 0.223. The van der Waals surface area contributed by atoms with Crippen molar-refractivity contribution in [2.24, 2.45) is 0 Å². The summed E-state index contributed by atoms with van der Waals surface area (Å²) >= 11 is 8.66. The Morgan fingerprint density at radius 3 is 2.90 bits per heavy atom. The Labute approximate surface area is 132 Å². The molecule has 3 aromatic heterocycles. The molecule has 0 saturated heterocycles. The van der Waals surface area contributed by atoms with E-state index in [1.807, 2.05) is 17.5 Å². The number of halogens is 1. The molecule has 0 aliphatic rings. The molecule has 0 aliphatic heterocycles. The number of fused-ring (bicyclic) bond motifs is 1. The molecule has 0 aliphatic carbocycles. The van der Waals surface area contributed by atoms with Gasteiger partial charge < -0.3 is 10.2 Å². The van der Waals surface area contributed by atoms with Gasteiger partial charge in [-0.05, 0) is 11.4 Å². The van der Waals surface area contributed by atoms with Crippen molar-refractivity contribution in [2.75, 3.05) is 4.90 Å².